The van der Waals surface area contributed by atoms with Gasteiger partial charge in [-0.25, -0.2) is 5.32 Å². The number of rotatable bonds is 2. The Bertz CT molecular complexity index is 1120. The Hall–Kier alpha value is -2.05. The summed E-state index contributed by atoms with van der Waals surface area (Å²) < 4.78 is 3.63. The van der Waals surface area contributed by atoms with Crippen LogP contribution in [0.2, 0.25) is 5.02 Å². The van der Waals surface area contributed by atoms with Gasteiger partial charge in [-0.2, -0.15) is 0 Å². The first-order valence-corrected chi connectivity index (χ1v) is 11.3. The van der Waals surface area contributed by atoms with E-state index in [1.54, 1.807) is 0 Å². The van der Waals surface area contributed by atoms with Crippen molar-refractivity contribution >= 4 is 50.4 Å². The van der Waals surface area contributed by atoms with Crippen molar-refractivity contribution in [3.05, 3.63) is 87.4 Å². The molecule has 1 saturated heterocycles. The summed E-state index contributed by atoms with van der Waals surface area (Å²) in [5.74, 6) is 1.14. The number of benzene rings is 3. The SMILES string of the molecule is Clc1ccc2c(c1)NC(=[N+]1CCN(Cc3ccccc3Br)CC1)c1ccccc1N2.[Cl-]. The summed E-state index contributed by atoms with van der Waals surface area (Å²) in [6.07, 6.45) is 0. The van der Waals surface area contributed by atoms with E-state index in [0.717, 1.165) is 60.6 Å². The third-order valence-corrected chi connectivity index (χ3v) is 6.74. The maximum Gasteiger partial charge on any atom is 0.284 e. The standard InChI is InChI=1S/C24H22BrClN4.ClH/c25-20-7-3-1-5-17(20)16-29-11-13-30(14-12-29)24-19-6-2-4-8-21(19)27-22-10-9-18(26)15-23(22)28-24;/h1-10,15H,11-14,16H2,(H,27,28);1H. The van der Waals surface area contributed by atoms with E-state index >= 15 is 0 Å². The van der Waals surface area contributed by atoms with Gasteiger partial charge in [-0.1, -0.05) is 57.9 Å². The van der Waals surface area contributed by atoms with Gasteiger partial charge < -0.3 is 17.7 Å². The summed E-state index contributed by atoms with van der Waals surface area (Å²) in [7, 11) is 0. The molecule has 160 valence electrons. The van der Waals surface area contributed by atoms with E-state index in [9.17, 15) is 0 Å². The molecule has 0 atom stereocenters. The fraction of sp³-hybridized carbons (Fsp3) is 0.208. The van der Waals surface area contributed by atoms with Crippen LogP contribution in [0, 0.1) is 0 Å². The number of nitrogens with one attached hydrogen (secondary N) is 2. The first kappa shape index (κ1) is 22.2. The average molecular weight is 518 g/mol. The minimum Gasteiger partial charge on any atom is -1.00 e. The summed E-state index contributed by atoms with van der Waals surface area (Å²) >= 11 is 9.96. The Kier molecular flexibility index (Phi) is 6.87. The van der Waals surface area contributed by atoms with Crippen molar-refractivity contribution in [3.63, 3.8) is 0 Å². The molecular formula is C24H23BrCl2N4. The Morgan fingerprint density at radius 1 is 0.871 bits per heavy atom. The number of nitrogens with zero attached hydrogens (tertiary/aromatic N) is 2. The lowest BCUT2D eigenvalue weighted by molar-refractivity contribution is -0.539. The summed E-state index contributed by atoms with van der Waals surface area (Å²) in [5.41, 5.74) is 5.67. The van der Waals surface area contributed by atoms with Crippen LogP contribution in [-0.2, 0) is 6.54 Å². The second-order valence-electron chi connectivity index (χ2n) is 7.69. The summed E-state index contributed by atoms with van der Waals surface area (Å²) in [4.78, 5) is 2.52. The van der Waals surface area contributed by atoms with Crippen LogP contribution >= 0.6 is 27.5 Å². The minimum atomic E-state index is 0. The molecule has 0 spiro atoms. The number of hydrogen-bond donors (Lipinski definition) is 2. The van der Waals surface area contributed by atoms with Gasteiger partial charge in [-0.15, -0.1) is 0 Å². The Labute approximate surface area is 202 Å². The highest BCUT2D eigenvalue weighted by molar-refractivity contribution is 9.10. The van der Waals surface area contributed by atoms with Gasteiger partial charge in [0, 0.05) is 35.2 Å². The van der Waals surface area contributed by atoms with Crippen molar-refractivity contribution in [2.75, 3.05) is 36.8 Å². The lowest BCUT2D eigenvalue weighted by atomic mass is 10.1. The van der Waals surface area contributed by atoms with Gasteiger partial charge >= 0.3 is 0 Å². The van der Waals surface area contributed by atoms with Gasteiger partial charge in [0.25, 0.3) is 5.84 Å². The number of hydrogen-bond acceptors (Lipinski definition) is 2. The van der Waals surface area contributed by atoms with Gasteiger partial charge in [-0.3, -0.25) is 9.48 Å². The quantitative estimate of drug-likeness (QED) is 0.512. The van der Waals surface area contributed by atoms with Crippen LogP contribution < -0.4 is 23.0 Å². The molecular weight excluding hydrogens is 495 g/mol. The summed E-state index contributed by atoms with van der Waals surface area (Å²) in [6, 6.07) is 22.9. The van der Waals surface area contributed by atoms with Crippen molar-refractivity contribution in [2.24, 2.45) is 0 Å². The number of anilines is 3. The molecule has 3 aromatic carbocycles. The Morgan fingerprint density at radius 3 is 2.42 bits per heavy atom. The fourth-order valence-corrected chi connectivity index (χ4v) is 4.70. The molecule has 3 aromatic rings. The third kappa shape index (κ3) is 4.75. The molecule has 2 heterocycles. The van der Waals surface area contributed by atoms with E-state index in [0.29, 0.717) is 0 Å². The van der Waals surface area contributed by atoms with Gasteiger partial charge in [0.05, 0.1) is 30.0 Å². The molecule has 4 nitrogen and oxygen atoms in total. The van der Waals surface area contributed by atoms with E-state index in [2.05, 4.69) is 84.6 Å². The second kappa shape index (κ2) is 9.61. The van der Waals surface area contributed by atoms with Gasteiger partial charge in [0.1, 0.15) is 5.69 Å². The average Bonchev–Trinajstić information content (AvgIpc) is 2.92. The van der Waals surface area contributed by atoms with Crippen molar-refractivity contribution in [1.29, 1.82) is 0 Å². The topological polar surface area (TPSA) is 30.3 Å². The zero-order valence-corrected chi connectivity index (χ0v) is 20.0. The molecule has 1 fully saturated rings. The number of halogens is 3. The number of piperazine rings is 1. The van der Waals surface area contributed by atoms with Crippen LogP contribution in [0.25, 0.3) is 0 Å². The normalized spacial score (nSPS) is 15.7. The van der Waals surface area contributed by atoms with Crippen LogP contribution in [0.1, 0.15) is 11.1 Å². The summed E-state index contributed by atoms with van der Waals surface area (Å²) in [6.45, 7) is 4.94. The number of para-hydroxylation sites is 1. The lowest BCUT2D eigenvalue weighted by Gasteiger charge is -2.28. The van der Waals surface area contributed by atoms with E-state index < -0.39 is 0 Å². The molecule has 0 aliphatic carbocycles. The van der Waals surface area contributed by atoms with Gasteiger partial charge in [-0.05, 0) is 35.9 Å². The summed E-state index contributed by atoms with van der Waals surface area (Å²) in [5, 5.41) is 7.96. The highest BCUT2D eigenvalue weighted by Crippen LogP contribution is 2.34. The molecule has 2 aliphatic rings. The van der Waals surface area contributed by atoms with Crippen LogP contribution in [0.3, 0.4) is 0 Å². The predicted molar refractivity (Wildman–Crippen MR) is 128 cm³/mol. The maximum absolute atomic E-state index is 6.28. The first-order chi connectivity index (χ1) is 14.7. The van der Waals surface area contributed by atoms with E-state index in [-0.39, 0.29) is 12.4 Å². The molecule has 7 heteroatoms. The van der Waals surface area contributed by atoms with Crippen LogP contribution in [0.5, 0.6) is 0 Å². The Balaban J connectivity index is 0.00000231. The molecule has 0 aromatic heterocycles. The predicted octanol–water partition coefficient (Wildman–Crippen LogP) is 2.55. The van der Waals surface area contributed by atoms with Crippen LogP contribution in [-0.4, -0.2) is 41.5 Å². The zero-order valence-electron chi connectivity index (χ0n) is 16.9. The lowest BCUT2D eigenvalue weighted by Crippen LogP contribution is -3.00. The van der Waals surface area contributed by atoms with Gasteiger partial charge in [0.2, 0.25) is 0 Å². The number of fused-ring (bicyclic) bond motifs is 2. The molecule has 2 N–H and O–H groups in total. The zero-order chi connectivity index (χ0) is 20.5. The van der Waals surface area contributed by atoms with E-state index in [1.165, 1.54) is 15.6 Å². The monoisotopic (exact) mass is 516 g/mol. The van der Waals surface area contributed by atoms with Crippen LogP contribution in [0.15, 0.2) is 71.2 Å². The molecule has 0 saturated carbocycles. The third-order valence-electron chi connectivity index (χ3n) is 5.73. The highest BCUT2D eigenvalue weighted by atomic mass is 79.9. The van der Waals surface area contributed by atoms with Crippen molar-refractivity contribution < 1.29 is 17.0 Å². The molecule has 0 bridgehead atoms. The van der Waals surface area contributed by atoms with E-state index in [1.807, 2.05) is 18.2 Å². The first-order valence-electron chi connectivity index (χ1n) is 10.2. The maximum atomic E-state index is 6.28. The molecule has 5 rings (SSSR count). The van der Waals surface area contributed by atoms with Gasteiger partial charge in [0.15, 0.2) is 0 Å². The van der Waals surface area contributed by atoms with Crippen LogP contribution in [0.4, 0.5) is 17.1 Å². The highest BCUT2D eigenvalue weighted by Gasteiger charge is 2.28. The molecule has 2 aliphatic heterocycles. The Morgan fingerprint density at radius 2 is 1.61 bits per heavy atom. The molecule has 0 radical (unpaired) electrons. The van der Waals surface area contributed by atoms with Crippen molar-refractivity contribution in [1.82, 2.24) is 4.90 Å². The molecule has 0 amide bonds. The van der Waals surface area contributed by atoms with E-state index in [4.69, 9.17) is 11.6 Å². The fourth-order valence-electron chi connectivity index (χ4n) is 4.11. The van der Waals surface area contributed by atoms with Crippen molar-refractivity contribution in [2.45, 2.75) is 6.54 Å². The van der Waals surface area contributed by atoms with Crippen molar-refractivity contribution in [3.8, 4) is 0 Å². The smallest absolute Gasteiger partial charge is 0.284 e. The molecule has 31 heavy (non-hydrogen) atoms. The second-order valence-corrected chi connectivity index (χ2v) is 8.98. The largest absolute Gasteiger partial charge is 1.00 e. The minimum absolute atomic E-state index is 0. The number of amidine groups is 1. The molecule has 0 unspecified atom stereocenters.